The summed E-state index contributed by atoms with van der Waals surface area (Å²) < 4.78 is 6.17. The number of carboxylic acids is 1. The van der Waals surface area contributed by atoms with Crippen LogP contribution in [-0.2, 0) is 4.74 Å². The van der Waals surface area contributed by atoms with Gasteiger partial charge < -0.3 is 25.6 Å². The van der Waals surface area contributed by atoms with Crippen molar-refractivity contribution in [2.75, 3.05) is 23.7 Å². The van der Waals surface area contributed by atoms with Crippen LogP contribution in [0.4, 0.5) is 11.5 Å². The van der Waals surface area contributed by atoms with Crippen LogP contribution in [0.5, 0.6) is 5.75 Å². The predicted octanol–water partition coefficient (Wildman–Crippen LogP) is 3.40. The van der Waals surface area contributed by atoms with E-state index in [1.54, 1.807) is 36.4 Å². The lowest BCUT2D eigenvalue weighted by atomic mass is 9.98. The number of nitrogens with zero attached hydrogens (tertiary/aromatic N) is 3. The molecule has 0 unspecified atom stereocenters. The van der Waals surface area contributed by atoms with Gasteiger partial charge in [-0.2, -0.15) is 0 Å². The number of nitrogens with two attached hydrogens (primary N) is 1. The first-order valence-electron chi connectivity index (χ1n) is 9.99. The summed E-state index contributed by atoms with van der Waals surface area (Å²) in [6.45, 7) is 4.99. The maximum atomic E-state index is 11.3. The van der Waals surface area contributed by atoms with Gasteiger partial charge in [0.25, 0.3) is 0 Å². The molecule has 160 valence electrons. The molecule has 0 aliphatic carbocycles. The predicted molar refractivity (Wildman–Crippen MR) is 117 cm³/mol. The number of carbonyl (C=O) groups is 1. The molecule has 3 aromatic rings. The second-order valence-electron chi connectivity index (χ2n) is 7.73. The molecule has 0 bridgehead atoms. The Morgan fingerprint density at radius 2 is 1.94 bits per heavy atom. The van der Waals surface area contributed by atoms with E-state index in [1.165, 1.54) is 0 Å². The summed E-state index contributed by atoms with van der Waals surface area (Å²) in [6.07, 6.45) is -0.341. The minimum absolute atomic E-state index is 0.0848. The number of aromatic hydroxyl groups is 1. The van der Waals surface area contributed by atoms with Gasteiger partial charge in [-0.3, -0.25) is 0 Å². The number of ether oxygens (including phenoxy) is 1. The third-order valence-electron chi connectivity index (χ3n) is 5.45. The lowest BCUT2D eigenvalue weighted by Crippen LogP contribution is -2.43. The fraction of sp³-hybridized carbons (Fsp3) is 0.261. The van der Waals surface area contributed by atoms with E-state index in [2.05, 4.69) is 15.1 Å². The molecule has 0 spiro atoms. The summed E-state index contributed by atoms with van der Waals surface area (Å²) in [5.41, 5.74) is 10.0. The number of rotatable bonds is 4. The van der Waals surface area contributed by atoms with Crippen molar-refractivity contribution in [2.45, 2.75) is 26.1 Å². The Bertz CT molecular complexity index is 1130. The van der Waals surface area contributed by atoms with Crippen LogP contribution in [-0.4, -0.2) is 45.6 Å². The molecule has 0 amide bonds. The van der Waals surface area contributed by atoms with Crippen molar-refractivity contribution in [1.82, 2.24) is 10.2 Å². The van der Waals surface area contributed by atoms with Crippen molar-refractivity contribution < 1.29 is 19.7 Å². The van der Waals surface area contributed by atoms with Crippen LogP contribution in [0.25, 0.3) is 11.3 Å². The van der Waals surface area contributed by atoms with Crippen LogP contribution in [0.1, 0.15) is 34.5 Å². The van der Waals surface area contributed by atoms with Crippen LogP contribution in [0.3, 0.4) is 0 Å². The zero-order valence-electron chi connectivity index (χ0n) is 17.3. The highest BCUT2D eigenvalue weighted by molar-refractivity contribution is 5.87. The number of nitrogen functional groups attached to an aromatic ring is 1. The lowest BCUT2D eigenvalue weighted by molar-refractivity contribution is -0.0176. The van der Waals surface area contributed by atoms with Gasteiger partial charge in [-0.05, 0) is 55.3 Å². The smallest absolute Gasteiger partial charge is 0.335 e. The van der Waals surface area contributed by atoms with Gasteiger partial charge in [0.1, 0.15) is 11.9 Å². The quantitative estimate of drug-likeness (QED) is 0.587. The average molecular weight is 420 g/mol. The lowest BCUT2D eigenvalue weighted by Gasteiger charge is -2.39. The molecule has 0 saturated carbocycles. The Labute approximate surface area is 179 Å². The number of aromatic nitrogens is 2. The Kier molecular flexibility index (Phi) is 5.48. The number of aryl methyl sites for hydroxylation is 1. The van der Waals surface area contributed by atoms with Crippen LogP contribution in [0, 0.1) is 6.92 Å². The first-order valence-corrected chi connectivity index (χ1v) is 9.99. The Hall–Kier alpha value is -3.65. The van der Waals surface area contributed by atoms with E-state index in [0.717, 1.165) is 11.1 Å². The first kappa shape index (κ1) is 20.6. The number of carboxylic acid groups (broad SMARTS) is 1. The number of morpholine rings is 1. The molecule has 8 heteroatoms. The van der Waals surface area contributed by atoms with Crippen LogP contribution >= 0.6 is 0 Å². The largest absolute Gasteiger partial charge is 0.507 e. The second-order valence-corrected chi connectivity index (χ2v) is 7.73. The number of benzene rings is 2. The summed E-state index contributed by atoms with van der Waals surface area (Å²) in [6, 6.07) is 13.8. The number of para-hydroxylation sites is 1. The van der Waals surface area contributed by atoms with Crippen molar-refractivity contribution in [2.24, 2.45) is 0 Å². The van der Waals surface area contributed by atoms with Crippen molar-refractivity contribution in [3.63, 3.8) is 0 Å². The normalized spacial score (nSPS) is 18.7. The minimum Gasteiger partial charge on any atom is -0.507 e. The van der Waals surface area contributed by atoms with E-state index in [1.807, 2.05) is 26.0 Å². The molecule has 1 fully saturated rings. The molecule has 2 aromatic carbocycles. The highest BCUT2D eigenvalue weighted by atomic mass is 16.5. The van der Waals surface area contributed by atoms with Gasteiger partial charge in [0.15, 0.2) is 5.82 Å². The molecule has 8 nitrogen and oxygen atoms in total. The Morgan fingerprint density at radius 3 is 2.65 bits per heavy atom. The summed E-state index contributed by atoms with van der Waals surface area (Å²) in [5, 5.41) is 27.7. The van der Waals surface area contributed by atoms with Gasteiger partial charge >= 0.3 is 5.97 Å². The van der Waals surface area contributed by atoms with Crippen molar-refractivity contribution in [3.8, 4) is 17.0 Å². The SMILES string of the molecule is Cc1cc(C(=O)O)ccc1[C@H]1CN(c2cc(-c3ccccc3O)nnc2N)C[C@H](C)O1. The van der Waals surface area contributed by atoms with Crippen LogP contribution in [0.2, 0.25) is 0 Å². The molecular formula is C23H24N4O4. The number of phenolic OH excluding ortho intramolecular Hbond substituents is 1. The number of anilines is 2. The van der Waals surface area contributed by atoms with Gasteiger partial charge in [0, 0.05) is 18.7 Å². The van der Waals surface area contributed by atoms with Crippen LogP contribution in [0.15, 0.2) is 48.5 Å². The highest BCUT2D eigenvalue weighted by Gasteiger charge is 2.29. The molecule has 0 radical (unpaired) electrons. The van der Waals surface area contributed by atoms with Gasteiger partial charge in [-0.25, -0.2) is 4.79 Å². The Balaban J connectivity index is 1.67. The average Bonchev–Trinajstić information content (AvgIpc) is 2.74. The maximum Gasteiger partial charge on any atom is 0.335 e. The molecule has 1 saturated heterocycles. The number of phenols is 1. The zero-order valence-corrected chi connectivity index (χ0v) is 17.3. The topological polar surface area (TPSA) is 122 Å². The molecule has 31 heavy (non-hydrogen) atoms. The summed E-state index contributed by atoms with van der Waals surface area (Å²) in [4.78, 5) is 13.4. The highest BCUT2D eigenvalue weighted by Crippen LogP contribution is 2.35. The van der Waals surface area contributed by atoms with E-state index in [4.69, 9.17) is 10.5 Å². The van der Waals surface area contributed by atoms with E-state index in [0.29, 0.717) is 35.9 Å². The van der Waals surface area contributed by atoms with Gasteiger partial charge in [0.2, 0.25) is 0 Å². The second kappa shape index (κ2) is 8.23. The van der Waals surface area contributed by atoms with Crippen molar-refractivity contribution in [1.29, 1.82) is 0 Å². The van der Waals surface area contributed by atoms with E-state index < -0.39 is 5.97 Å². The molecule has 4 rings (SSSR count). The molecular weight excluding hydrogens is 396 g/mol. The van der Waals surface area contributed by atoms with E-state index >= 15 is 0 Å². The fourth-order valence-corrected chi connectivity index (χ4v) is 3.96. The number of hydrogen-bond donors (Lipinski definition) is 3. The first-order chi connectivity index (χ1) is 14.8. The summed E-state index contributed by atoms with van der Waals surface area (Å²) in [7, 11) is 0. The standard InChI is InChI=1S/C23H24N4O4/c1-13-9-15(23(29)30)7-8-16(13)21-12-27(11-14(2)31-21)19-10-18(25-26-22(19)24)17-5-3-4-6-20(17)28/h3-10,14,21,28H,11-12H2,1-2H3,(H2,24,26)(H,29,30)/t14-,21+/m0/s1. The molecule has 1 aromatic heterocycles. The minimum atomic E-state index is -0.957. The van der Waals surface area contributed by atoms with Crippen molar-refractivity contribution >= 4 is 17.5 Å². The third-order valence-corrected chi connectivity index (χ3v) is 5.45. The molecule has 2 atom stereocenters. The fourth-order valence-electron chi connectivity index (χ4n) is 3.96. The molecule has 1 aliphatic rings. The van der Waals surface area contributed by atoms with Crippen LogP contribution < -0.4 is 10.6 Å². The van der Waals surface area contributed by atoms with Gasteiger partial charge in [0.05, 0.1) is 23.0 Å². The zero-order chi connectivity index (χ0) is 22.1. The maximum absolute atomic E-state index is 11.3. The monoisotopic (exact) mass is 420 g/mol. The Morgan fingerprint density at radius 1 is 1.16 bits per heavy atom. The molecule has 2 heterocycles. The summed E-state index contributed by atoms with van der Waals surface area (Å²) >= 11 is 0. The third kappa shape index (κ3) is 4.15. The van der Waals surface area contributed by atoms with E-state index in [-0.39, 0.29) is 23.5 Å². The van der Waals surface area contributed by atoms with Crippen molar-refractivity contribution in [3.05, 3.63) is 65.2 Å². The number of aromatic carboxylic acids is 1. The van der Waals surface area contributed by atoms with E-state index in [9.17, 15) is 15.0 Å². The number of hydrogen-bond acceptors (Lipinski definition) is 7. The molecule has 1 aliphatic heterocycles. The summed E-state index contributed by atoms with van der Waals surface area (Å²) in [5.74, 6) is -0.540. The molecule has 4 N–H and O–H groups in total. The van der Waals surface area contributed by atoms with Gasteiger partial charge in [-0.1, -0.05) is 18.2 Å². The van der Waals surface area contributed by atoms with Gasteiger partial charge in [-0.15, -0.1) is 10.2 Å².